The first-order chi connectivity index (χ1) is 46.6. The first-order valence-corrected chi connectivity index (χ1v) is 31.6. The number of nitrogens with zero attached hydrogens (tertiary/aromatic N) is 2. The molecular formula is C72H52BF24IrN2P. The van der Waals surface area contributed by atoms with E-state index in [4.69, 9.17) is 4.98 Å². The van der Waals surface area contributed by atoms with Gasteiger partial charge in [0.2, 0.25) is 0 Å². The van der Waals surface area contributed by atoms with Crippen LogP contribution in [0.5, 0.6) is 0 Å². The Labute approximate surface area is 576 Å². The number of fused-ring (bicyclic) bond motifs is 1. The summed E-state index contributed by atoms with van der Waals surface area (Å²) in [6.45, 7) is 0. The van der Waals surface area contributed by atoms with Crippen molar-refractivity contribution in [3.63, 3.8) is 0 Å². The molecule has 101 heavy (non-hydrogen) atoms. The van der Waals surface area contributed by atoms with Crippen molar-refractivity contribution in [2.45, 2.75) is 94.0 Å². The van der Waals surface area contributed by atoms with Crippen LogP contribution in [0.2, 0.25) is 0 Å². The summed E-state index contributed by atoms with van der Waals surface area (Å²) in [6, 6.07) is 39.4. The monoisotopic (exact) mass is 1640 g/mol. The second-order valence-corrected chi connectivity index (χ2v) is 25.6. The van der Waals surface area contributed by atoms with E-state index in [9.17, 15) is 105 Å². The minimum Gasteiger partial charge on any atom is -0.250 e. The number of hydrogen-bond acceptors (Lipinski definition) is 2. The Morgan fingerprint density at radius 2 is 0.614 bits per heavy atom. The van der Waals surface area contributed by atoms with Crippen LogP contribution in [0.25, 0.3) is 11.3 Å². The zero-order valence-corrected chi connectivity index (χ0v) is 55.0. The van der Waals surface area contributed by atoms with Crippen molar-refractivity contribution in [2.24, 2.45) is 0 Å². The molecule has 2 nitrogen and oxygen atoms in total. The number of benzene rings is 8. The van der Waals surface area contributed by atoms with Crippen LogP contribution in [-0.4, -0.2) is 11.1 Å². The summed E-state index contributed by atoms with van der Waals surface area (Å²) in [5, 5.41) is 2.79. The van der Waals surface area contributed by atoms with Crippen LogP contribution in [0.1, 0.15) is 93.9 Å². The molecule has 0 saturated heterocycles. The third-order valence-corrected chi connectivity index (χ3v) is 19.3. The smallest absolute Gasteiger partial charge is 0.250 e. The minimum absolute atomic E-state index is 0. The molecule has 2 heterocycles. The molecule has 2 aliphatic rings. The number of hydrogen-bond donors (Lipinski definition) is 0. The van der Waals surface area contributed by atoms with Crippen LogP contribution in [0, 0.1) is 0 Å². The predicted molar refractivity (Wildman–Crippen MR) is 337 cm³/mol. The van der Waals surface area contributed by atoms with E-state index in [2.05, 4.69) is 162 Å². The van der Waals surface area contributed by atoms with Crippen LogP contribution in [0.15, 0.2) is 231 Å². The summed E-state index contributed by atoms with van der Waals surface area (Å²) in [5.74, 6) is 0. The van der Waals surface area contributed by atoms with Gasteiger partial charge in [0.25, 0.3) is 0 Å². The molecule has 1 aromatic heterocycles. The van der Waals surface area contributed by atoms with E-state index in [0.29, 0.717) is 0 Å². The van der Waals surface area contributed by atoms with Crippen LogP contribution in [-0.2, 0) is 75.9 Å². The first-order valence-electron chi connectivity index (χ1n) is 30.2. The number of allylic oxidation sites excluding steroid dienone is 4. The van der Waals surface area contributed by atoms with E-state index in [1.54, 1.807) is 0 Å². The maximum absolute atomic E-state index is 14.2. The average molecular weight is 1640 g/mol. The molecule has 1 aliphatic heterocycles. The fraction of sp³-hybridized carbons (Fsp3) is 0.208. The summed E-state index contributed by atoms with van der Waals surface area (Å²) < 4.78 is 344. The molecule has 535 valence electrons. The van der Waals surface area contributed by atoms with E-state index in [0.717, 1.165) is 29.8 Å². The molecule has 0 unspecified atom stereocenters. The molecule has 8 aromatic carbocycles. The molecule has 0 amide bonds. The molecule has 9 aromatic rings. The first kappa shape index (κ1) is 78.4. The number of anilines is 1. The number of alkyl halides is 24. The van der Waals surface area contributed by atoms with Gasteiger partial charge in [0.05, 0.1) is 61.6 Å². The van der Waals surface area contributed by atoms with Gasteiger partial charge in [-0.3, -0.25) is 4.98 Å². The Bertz CT molecular complexity index is 3850. The molecule has 0 saturated carbocycles. The maximum Gasteiger partial charge on any atom is 0.416 e. The Balaban J connectivity index is 0.000000247. The molecule has 1 radical (unpaired) electrons. The molecule has 0 N–H and O–H groups in total. The van der Waals surface area contributed by atoms with Gasteiger partial charge in [-0.2, -0.15) is 127 Å². The van der Waals surface area contributed by atoms with Gasteiger partial charge in [-0.05, 0) is 111 Å². The maximum atomic E-state index is 14.2. The summed E-state index contributed by atoms with van der Waals surface area (Å²) in [7, 11) is -1.29. The molecule has 29 heteroatoms. The number of rotatable bonds is 9. The van der Waals surface area contributed by atoms with Gasteiger partial charge < -0.3 is 0 Å². The summed E-state index contributed by atoms with van der Waals surface area (Å²) >= 11 is 0. The van der Waals surface area contributed by atoms with Crippen molar-refractivity contribution in [3.05, 3.63) is 286 Å². The van der Waals surface area contributed by atoms with Gasteiger partial charge in [-0.1, -0.05) is 164 Å². The SMILES string of the molecule is C1=C\CC/C=C\CC/1.FC(F)(F)c1cc([B-](c2cc(C(F)(F)F)cc(C(F)(F)F)c2)(c2cc(C(F)(F)F)cc(C(F)(F)F)c2)c2cc(C(F)(F)F)cc(C(F)(F)F)c2)cc(C(F)(F)F)c1.[Ir].c1ccc(-c2cccc([C@@H]3CCc4ccccc4N3[PH+](c3ccccc3)c3ccccc3)n2)cc1. The van der Waals surface area contributed by atoms with Crippen LogP contribution in [0.4, 0.5) is 111 Å². The van der Waals surface area contributed by atoms with E-state index >= 15 is 0 Å². The van der Waals surface area contributed by atoms with Gasteiger partial charge in [-0.25, -0.2) is 4.67 Å². The third kappa shape index (κ3) is 18.9. The quantitative estimate of drug-likeness (QED) is 0.0620. The van der Waals surface area contributed by atoms with Gasteiger partial charge in [0.15, 0.2) is 8.07 Å². The van der Waals surface area contributed by atoms with Crippen molar-refractivity contribution in [3.8, 4) is 11.3 Å². The summed E-state index contributed by atoms with van der Waals surface area (Å²) in [6.07, 6.45) is -38.7. The van der Waals surface area contributed by atoms with Crippen molar-refractivity contribution in [1.82, 2.24) is 4.98 Å². The Morgan fingerprint density at radius 1 is 0.327 bits per heavy atom. The van der Waals surface area contributed by atoms with Crippen LogP contribution >= 0.6 is 8.07 Å². The second kappa shape index (κ2) is 30.7. The van der Waals surface area contributed by atoms with Crippen molar-refractivity contribution in [1.29, 1.82) is 0 Å². The van der Waals surface area contributed by atoms with Crippen molar-refractivity contribution in [2.75, 3.05) is 4.67 Å². The minimum atomic E-state index is -6.13. The fourth-order valence-corrected chi connectivity index (χ4v) is 15.0. The van der Waals surface area contributed by atoms with E-state index in [-0.39, 0.29) is 26.1 Å². The predicted octanol–water partition coefficient (Wildman–Crippen LogP) is 20.9. The van der Waals surface area contributed by atoms with Gasteiger partial charge in [0, 0.05) is 25.7 Å². The molecule has 0 bridgehead atoms. The fourth-order valence-electron chi connectivity index (χ4n) is 12.1. The average Bonchev–Trinajstić information content (AvgIpc) is 0.712. The van der Waals surface area contributed by atoms with E-state index in [1.807, 2.05) is 0 Å². The number of aryl methyl sites for hydroxylation is 1. The number of pyridine rings is 1. The molecule has 11 rings (SSSR count). The van der Waals surface area contributed by atoms with E-state index in [1.165, 1.54) is 47.5 Å². The molecule has 0 spiro atoms. The molecule has 1 aliphatic carbocycles. The largest absolute Gasteiger partial charge is 0.416 e. The molecular weight excluding hydrogens is 1580 g/mol. The van der Waals surface area contributed by atoms with Crippen molar-refractivity contribution < 1.29 is 125 Å². The molecule has 0 fully saturated rings. The van der Waals surface area contributed by atoms with Gasteiger partial charge in [-0.15, -0.1) is 0 Å². The zero-order valence-electron chi connectivity index (χ0n) is 51.6. The van der Waals surface area contributed by atoms with Gasteiger partial charge in [0.1, 0.15) is 22.8 Å². The normalized spacial score (nSPS) is 15.5. The summed E-state index contributed by atoms with van der Waals surface area (Å²) in [5.41, 5.74) is -24.1. The number of para-hydroxylation sites is 1. The summed E-state index contributed by atoms with van der Waals surface area (Å²) in [4.78, 5) is 5.23. The topological polar surface area (TPSA) is 16.1 Å². The second-order valence-electron chi connectivity index (χ2n) is 23.3. The zero-order chi connectivity index (χ0) is 73.0. The standard InChI is InChI=1S/C32H12BF24.C32H27N2P.C8H12.Ir/c34-25(35,36)13-1-14(26(37,38)39)6-21(5-13)33(22-7-15(27(40,41)42)2-16(8-22)28(43,44)45,23-9-17(29(46,47)48)3-18(10-23)30(49,50)51)24-11-19(31(52,53)54)4-20(12-24)32(55,56)57;1-4-13-25(14-5-1)29-20-12-21-30(33-29)32-24-23-26-15-10-11-22-31(26)34(32)35(27-16-6-2-7-17-27)28-18-8-3-9-19-28;1-2-4-6-8-7-5-3-1;/h1-12H;1-22,32H,23-24H2;1-2,7-8H,3-6H2;/q-1;;;/p+1/b;;2-1-,8-7-;/t;32-;;/m.0../s1. The molecule has 1 atom stereocenters. The van der Waals surface area contributed by atoms with Crippen LogP contribution in [0.3, 0.4) is 0 Å². The van der Waals surface area contributed by atoms with Crippen molar-refractivity contribution >= 4 is 52.4 Å². The Kier molecular flexibility index (Phi) is 23.8. The van der Waals surface area contributed by atoms with Gasteiger partial charge >= 0.3 is 49.4 Å². The third-order valence-electron chi connectivity index (χ3n) is 16.5. The van der Waals surface area contributed by atoms with Crippen LogP contribution < -0.4 is 37.1 Å². The number of halogens is 24. The van der Waals surface area contributed by atoms with E-state index < -0.39 is 203 Å². The Hall–Kier alpha value is -8.35. The Morgan fingerprint density at radius 3 is 0.921 bits per heavy atom. The number of aromatic nitrogens is 1.